The molecule has 1 atom stereocenters. The van der Waals surface area contributed by atoms with E-state index >= 15 is 0 Å². The average Bonchev–Trinajstić information content (AvgIpc) is 2.32. The summed E-state index contributed by atoms with van der Waals surface area (Å²) in [4.78, 5) is 8.55. The summed E-state index contributed by atoms with van der Waals surface area (Å²) in [5.74, 6) is 0.302. The van der Waals surface area contributed by atoms with Gasteiger partial charge in [0.25, 0.3) is 0 Å². The zero-order chi connectivity index (χ0) is 13.3. The van der Waals surface area contributed by atoms with E-state index in [9.17, 15) is 9.50 Å². The van der Waals surface area contributed by atoms with Gasteiger partial charge in [-0.25, -0.2) is 14.4 Å². The number of aliphatic hydroxyl groups is 1. The second-order valence-corrected chi connectivity index (χ2v) is 4.37. The van der Waals surface area contributed by atoms with Gasteiger partial charge in [-0.05, 0) is 44.5 Å². The van der Waals surface area contributed by atoms with Gasteiger partial charge in [0.15, 0.2) is 5.82 Å². The van der Waals surface area contributed by atoms with Crippen molar-refractivity contribution in [3.8, 4) is 11.4 Å². The molecule has 0 aliphatic heterocycles. The monoisotopic (exact) mass is 246 g/mol. The van der Waals surface area contributed by atoms with Gasteiger partial charge in [-0.15, -0.1) is 0 Å². The molecule has 0 unspecified atom stereocenters. The molecule has 2 rings (SSSR count). The van der Waals surface area contributed by atoms with Crippen LogP contribution in [-0.4, -0.2) is 15.1 Å². The molecule has 1 heterocycles. The summed E-state index contributed by atoms with van der Waals surface area (Å²) in [6.45, 7) is 5.20. The van der Waals surface area contributed by atoms with Crippen LogP contribution in [0.25, 0.3) is 11.4 Å². The lowest BCUT2D eigenvalue weighted by Gasteiger charge is -2.09. The van der Waals surface area contributed by atoms with E-state index in [2.05, 4.69) is 9.97 Å². The summed E-state index contributed by atoms with van der Waals surface area (Å²) in [6.07, 6.45) is 1.02. The summed E-state index contributed by atoms with van der Waals surface area (Å²) < 4.78 is 13.2. The van der Waals surface area contributed by atoms with E-state index in [1.54, 1.807) is 32.2 Å². The molecule has 0 saturated carbocycles. The van der Waals surface area contributed by atoms with Crippen LogP contribution in [-0.2, 0) is 0 Å². The number of nitrogens with zero attached hydrogens (tertiary/aromatic N) is 2. The number of halogens is 1. The third-order valence-electron chi connectivity index (χ3n) is 2.88. The first-order valence-electron chi connectivity index (χ1n) is 5.77. The molecule has 18 heavy (non-hydrogen) atoms. The smallest absolute Gasteiger partial charge is 0.159 e. The minimum atomic E-state index is -0.589. The second kappa shape index (κ2) is 4.82. The zero-order valence-corrected chi connectivity index (χ0v) is 10.6. The lowest BCUT2D eigenvalue weighted by Crippen LogP contribution is -2.01. The molecule has 0 amide bonds. The molecule has 0 radical (unpaired) electrons. The van der Waals surface area contributed by atoms with Crippen molar-refractivity contribution in [3.63, 3.8) is 0 Å². The molecule has 2 aromatic rings. The molecule has 0 saturated heterocycles. The van der Waals surface area contributed by atoms with Gasteiger partial charge in [-0.1, -0.05) is 0 Å². The third-order valence-corrected chi connectivity index (χ3v) is 2.88. The Kier molecular flexibility index (Phi) is 3.39. The summed E-state index contributed by atoms with van der Waals surface area (Å²) in [5, 5.41) is 9.52. The Bertz CT molecular complexity index is 582. The lowest BCUT2D eigenvalue weighted by atomic mass is 10.1. The molecule has 0 fully saturated rings. The maximum Gasteiger partial charge on any atom is 0.159 e. The first-order valence-corrected chi connectivity index (χ1v) is 5.77. The van der Waals surface area contributed by atoms with Crippen molar-refractivity contribution in [2.75, 3.05) is 0 Å². The Morgan fingerprint density at radius 1 is 1.28 bits per heavy atom. The topological polar surface area (TPSA) is 46.0 Å². The van der Waals surface area contributed by atoms with Gasteiger partial charge in [-0.2, -0.15) is 0 Å². The summed E-state index contributed by atoms with van der Waals surface area (Å²) in [6, 6.07) is 4.78. The molecule has 0 aliphatic rings. The van der Waals surface area contributed by atoms with Crippen molar-refractivity contribution < 1.29 is 9.50 Å². The van der Waals surface area contributed by atoms with Gasteiger partial charge in [0.1, 0.15) is 5.82 Å². The van der Waals surface area contributed by atoms with Crippen LogP contribution in [0.2, 0.25) is 0 Å². The van der Waals surface area contributed by atoms with Crippen LogP contribution >= 0.6 is 0 Å². The minimum Gasteiger partial charge on any atom is -0.389 e. The number of rotatable bonds is 2. The molecule has 0 spiro atoms. The maximum absolute atomic E-state index is 13.2. The van der Waals surface area contributed by atoms with Crippen molar-refractivity contribution in [2.45, 2.75) is 26.9 Å². The third kappa shape index (κ3) is 2.38. The molecule has 0 bridgehead atoms. The largest absolute Gasteiger partial charge is 0.389 e. The van der Waals surface area contributed by atoms with Crippen LogP contribution in [0.1, 0.15) is 29.8 Å². The molecule has 3 nitrogen and oxygen atoms in total. The van der Waals surface area contributed by atoms with E-state index in [1.165, 1.54) is 6.07 Å². The minimum absolute atomic E-state index is 0.240. The highest BCUT2D eigenvalue weighted by atomic mass is 19.1. The number of hydrogen-bond donors (Lipinski definition) is 1. The van der Waals surface area contributed by atoms with Crippen LogP contribution in [0.3, 0.4) is 0 Å². The van der Waals surface area contributed by atoms with Crippen LogP contribution in [0.15, 0.2) is 24.4 Å². The van der Waals surface area contributed by atoms with E-state index in [0.717, 1.165) is 11.3 Å². The highest BCUT2D eigenvalue weighted by molar-refractivity contribution is 5.56. The fourth-order valence-corrected chi connectivity index (χ4v) is 1.81. The molecule has 0 aliphatic carbocycles. The molecule has 94 valence electrons. The van der Waals surface area contributed by atoms with Gasteiger partial charge in [0.2, 0.25) is 0 Å². The van der Waals surface area contributed by atoms with E-state index in [-0.39, 0.29) is 5.82 Å². The second-order valence-electron chi connectivity index (χ2n) is 4.37. The van der Waals surface area contributed by atoms with Crippen molar-refractivity contribution in [1.82, 2.24) is 9.97 Å². The fraction of sp³-hybridized carbons (Fsp3) is 0.286. The lowest BCUT2D eigenvalue weighted by molar-refractivity contribution is 0.197. The highest BCUT2D eigenvalue weighted by Gasteiger charge is 2.10. The normalized spacial score (nSPS) is 12.5. The van der Waals surface area contributed by atoms with Gasteiger partial charge < -0.3 is 5.11 Å². The Labute approximate surface area is 105 Å². The van der Waals surface area contributed by atoms with Crippen molar-refractivity contribution in [1.29, 1.82) is 0 Å². The summed E-state index contributed by atoms with van der Waals surface area (Å²) in [7, 11) is 0. The number of aryl methyl sites for hydroxylation is 2. The molecule has 1 aromatic carbocycles. The highest BCUT2D eigenvalue weighted by Crippen LogP contribution is 2.21. The molecule has 4 heteroatoms. The Morgan fingerprint density at radius 2 is 2.00 bits per heavy atom. The van der Waals surface area contributed by atoms with Gasteiger partial charge in [0, 0.05) is 23.0 Å². The molecular formula is C14H15FN2O. The van der Waals surface area contributed by atoms with E-state index in [1.807, 2.05) is 6.92 Å². The van der Waals surface area contributed by atoms with Crippen LogP contribution in [0.5, 0.6) is 0 Å². The SMILES string of the molecule is Cc1cc(-c2ncc([C@H](C)O)c(C)n2)ccc1F. The standard InChI is InChI=1S/C14H15FN2O/c1-8-6-11(4-5-13(8)15)14-16-7-12(10(3)18)9(2)17-14/h4-7,10,18H,1-3H3/t10-/m0/s1. The Hall–Kier alpha value is -1.81. The number of hydrogen-bond acceptors (Lipinski definition) is 3. The van der Waals surface area contributed by atoms with Crippen molar-refractivity contribution in [3.05, 3.63) is 47.0 Å². The van der Waals surface area contributed by atoms with E-state index < -0.39 is 6.10 Å². The Balaban J connectivity index is 2.45. The predicted octanol–water partition coefficient (Wildman–Crippen LogP) is 2.95. The van der Waals surface area contributed by atoms with E-state index in [0.29, 0.717) is 17.0 Å². The van der Waals surface area contributed by atoms with Crippen LogP contribution < -0.4 is 0 Å². The first-order chi connectivity index (χ1) is 8.49. The van der Waals surface area contributed by atoms with Gasteiger partial charge in [0.05, 0.1) is 6.10 Å². The Morgan fingerprint density at radius 3 is 2.56 bits per heavy atom. The quantitative estimate of drug-likeness (QED) is 0.886. The molecular weight excluding hydrogens is 231 g/mol. The van der Waals surface area contributed by atoms with Gasteiger partial charge in [-0.3, -0.25) is 0 Å². The van der Waals surface area contributed by atoms with Crippen LogP contribution in [0, 0.1) is 19.7 Å². The number of benzene rings is 1. The van der Waals surface area contributed by atoms with Crippen molar-refractivity contribution >= 4 is 0 Å². The van der Waals surface area contributed by atoms with Crippen molar-refractivity contribution in [2.24, 2.45) is 0 Å². The predicted molar refractivity (Wildman–Crippen MR) is 67.5 cm³/mol. The first kappa shape index (κ1) is 12.6. The van der Waals surface area contributed by atoms with Crippen LogP contribution in [0.4, 0.5) is 4.39 Å². The van der Waals surface area contributed by atoms with Gasteiger partial charge >= 0.3 is 0 Å². The molecule has 1 N–H and O–H groups in total. The number of aliphatic hydroxyl groups excluding tert-OH is 1. The molecule has 1 aromatic heterocycles. The fourth-order valence-electron chi connectivity index (χ4n) is 1.81. The zero-order valence-electron chi connectivity index (χ0n) is 10.6. The van der Waals surface area contributed by atoms with E-state index in [4.69, 9.17) is 0 Å². The number of aromatic nitrogens is 2. The maximum atomic E-state index is 13.2. The summed E-state index contributed by atoms with van der Waals surface area (Å²) >= 11 is 0. The average molecular weight is 246 g/mol. The summed E-state index contributed by atoms with van der Waals surface area (Å²) in [5.41, 5.74) is 2.78.